The van der Waals surface area contributed by atoms with E-state index in [1.807, 2.05) is 53.4 Å². The van der Waals surface area contributed by atoms with Crippen LogP contribution in [-0.2, 0) is 11.2 Å². The van der Waals surface area contributed by atoms with E-state index in [9.17, 15) is 4.79 Å². The van der Waals surface area contributed by atoms with Crippen LogP contribution in [0.25, 0.3) is 0 Å². The van der Waals surface area contributed by atoms with Gasteiger partial charge in [-0.2, -0.15) is 0 Å². The highest BCUT2D eigenvalue weighted by molar-refractivity contribution is 6.54. The number of fused-ring (bicyclic) bond motifs is 1. The average Bonchev–Trinajstić information content (AvgIpc) is 3.12. The molecule has 0 aromatic heterocycles. The number of piperidine rings is 1. The molecule has 0 unspecified atom stereocenters. The molecule has 168 valence electrons. The van der Waals surface area contributed by atoms with E-state index >= 15 is 0 Å². The Hall–Kier alpha value is -3.44. The van der Waals surface area contributed by atoms with Crippen molar-refractivity contribution < 1.29 is 9.53 Å². The Morgan fingerprint density at radius 1 is 0.909 bits per heavy atom. The lowest BCUT2D eigenvalue weighted by Crippen LogP contribution is -2.44. The van der Waals surface area contributed by atoms with E-state index in [4.69, 9.17) is 9.73 Å². The van der Waals surface area contributed by atoms with Gasteiger partial charge in [0, 0.05) is 18.7 Å². The van der Waals surface area contributed by atoms with E-state index in [2.05, 4.69) is 35.2 Å². The maximum atomic E-state index is 13.5. The lowest BCUT2D eigenvalue weighted by Gasteiger charge is -2.34. The van der Waals surface area contributed by atoms with Crippen molar-refractivity contribution in [3.63, 3.8) is 0 Å². The second kappa shape index (κ2) is 9.59. The molecule has 0 spiro atoms. The highest BCUT2D eigenvalue weighted by atomic mass is 16.5. The van der Waals surface area contributed by atoms with Crippen molar-refractivity contribution in [1.29, 1.82) is 0 Å². The van der Waals surface area contributed by atoms with Gasteiger partial charge in [-0.1, -0.05) is 60.7 Å². The molecule has 5 rings (SSSR count). The predicted octanol–water partition coefficient (Wildman–Crippen LogP) is 5.07. The third-order valence-electron chi connectivity index (χ3n) is 6.63. The van der Waals surface area contributed by atoms with Crippen molar-refractivity contribution in [3.05, 3.63) is 90.0 Å². The number of ether oxygens (including phenoxy) is 1. The van der Waals surface area contributed by atoms with Crippen molar-refractivity contribution in [2.75, 3.05) is 31.8 Å². The van der Waals surface area contributed by atoms with E-state index in [1.54, 1.807) is 7.11 Å². The molecule has 1 amide bonds. The number of benzene rings is 3. The van der Waals surface area contributed by atoms with Gasteiger partial charge in [-0.3, -0.25) is 14.6 Å². The minimum absolute atomic E-state index is 0.0477. The molecule has 0 saturated carbocycles. The predicted molar refractivity (Wildman–Crippen MR) is 132 cm³/mol. The number of rotatable bonds is 6. The maximum absolute atomic E-state index is 13.5. The summed E-state index contributed by atoms with van der Waals surface area (Å²) in [6.07, 6.45) is 3.44. The molecule has 0 bridgehead atoms. The van der Waals surface area contributed by atoms with Crippen LogP contribution in [0.5, 0.6) is 5.75 Å². The topological polar surface area (TPSA) is 45.1 Å². The van der Waals surface area contributed by atoms with Gasteiger partial charge in [-0.25, -0.2) is 4.99 Å². The molecule has 5 heteroatoms. The van der Waals surface area contributed by atoms with Crippen molar-refractivity contribution in [2.45, 2.75) is 19.3 Å². The van der Waals surface area contributed by atoms with Crippen molar-refractivity contribution in [1.82, 2.24) is 4.90 Å². The van der Waals surface area contributed by atoms with Gasteiger partial charge in [-0.05, 0) is 48.9 Å². The summed E-state index contributed by atoms with van der Waals surface area (Å²) in [6.45, 7) is 2.60. The largest absolute Gasteiger partial charge is 0.494 e. The molecule has 0 aliphatic carbocycles. The summed E-state index contributed by atoms with van der Waals surface area (Å²) in [5.74, 6) is 1.32. The summed E-state index contributed by atoms with van der Waals surface area (Å²) in [6, 6.07) is 26.2. The number of carbonyl (C=O) groups is 1. The third kappa shape index (κ3) is 4.55. The number of para-hydroxylation sites is 3. The fourth-order valence-corrected chi connectivity index (χ4v) is 4.83. The van der Waals surface area contributed by atoms with Gasteiger partial charge in [0.2, 0.25) is 0 Å². The van der Waals surface area contributed by atoms with Gasteiger partial charge in [-0.15, -0.1) is 0 Å². The van der Waals surface area contributed by atoms with Crippen LogP contribution in [-0.4, -0.2) is 43.4 Å². The lowest BCUT2D eigenvalue weighted by molar-refractivity contribution is -0.112. The number of likely N-dealkylation sites (tertiary alicyclic amines) is 1. The molecule has 3 aromatic carbocycles. The first-order valence-corrected chi connectivity index (χ1v) is 11.6. The first-order chi connectivity index (χ1) is 16.2. The van der Waals surface area contributed by atoms with Crippen LogP contribution < -0.4 is 9.64 Å². The first-order valence-electron chi connectivity index (χ1n) is 11.6. The van der Waals surface area contributed by atoms with Crippen LogP contribution in [0.1, 0.15) is 24.0 Å². The van der Waals surface area contributed by atoms with Gasteiger partial charge >= 0.3 is 0 Å². The summed E-state index contributed by atoms with van der Waals surface area (Å²) in [5, 5.41) is 0. The molecule has 0 atom stereocenters. The quantitative estimate of drug-likeness (QED) is 0.538. The van der Waals surface area contributed by atoms with Gasteiger partial charge in [0.05, 0.1) is 19.5 Å². The van der Waals surface area contributed by atoms with Crippen molar-refractivity contribution >= 4 is 23.0 Å². The second-order valence-electron chi connectivity index (χ2n) is 8.78. The Bertz CT molecular complexity index is 1150. The minimum Gasteiger partial charge on any atom is -0.494 e. The Morgan fingerprint density at radius 2 is 1.61 bits per heavy atom. The van der Waals surface area contributed by atoms with Gasteiger partial charge in [0.1, 0.15) is 17.1 Å². The molecule has 5 nitrogen and oxygen atoms in total. The van der Waals surface area contributed by atoms with E-state index in [1.165, 1.54) is 5.56 Å². The van der Waals surface area contributed by atoms with E-state index < -0.39 is 0 Å². The lowest BCUT2D eigenvalue weighted by atomic mass is 9.90. The van der Waals surface area contributed by atoms with Crippen molar-refractivity contribution in [2.24, 2.45) is 10.9 Å². The highest BCUT2D eigenvalue weighted by Gasteiger charge is 2.35. The van der Waals surface area contributed by atoms with Crippen LogP contribution in [0, 0.1) is 5.92 Å². The summed E-state index contributed by atoms with van der Waals surface area (Å²) >= 11 is 0. The zero-order valence-corrected chi connectivity index (χ0v) is 19.0. The summed E-state index contributed by atoms with van der Waals surface area (Å²) in [5.41, 5.74) is 4.38. The molecule has 2 aliphatic heterocycles. The molecule has 3 aromatic rings. The van der Waals surface area contributed by atoms with Crippen LogP contribution >= 0.6 is 0 Å². The number of anilines is 1. The standard InChI is InChI=1S/C28H29N3O2/c1-33-26-14-8-6-12-24(26)29-27-23-11-5-7-13-25(23)31(28(27)32)20-30-17-15-22(16-18-30)19-21-9-3-2-4-10-21/h2-14,22H,15-20H2,1H3. The molecule has 2 heterocycles. The van der Waals surface area contributed by atoms with Crippen molar-refractivity contribution in [3.8, 4) is 5.75 Å². The van der Waals surface area contributed by atoms with E-state index in [0.717, 1.165) is 43.6 Å². The zero-order valence-electron chi connectivity index (χ0n) is 19.0. The van der Waals surface area contributed by atoms with Crippen LogP contribution in [0.15, 0.2) is 83.9 Å². The Kier molecular flexibility index (Phi) is 6.22. The van der Waals surface area contributed by atoms with Crippen LogP contribution in [0.4, 0.5) is 11.4 Å². The Balaban J connectivity index is 1.30. The number of carbonyl (C=O) groups excluding carboxylic acids is 1. The Labute approximate surface area is 195 Å². The number of hydrogen-bond acceptors (Lipinski definition) is 4. The van der Waals surface area contributed by atoms with Gasteiger partial charge in [0.15, 0.2) is 0 Å². The SMILES string of the molecule is COc1ccccc1N=C1C(=O)N(CN2CCC(Cc3ccccc3)CC2)c2ccccc21. The number of amides is 1. The molecule has 1 fully saturated rings. The summed E-state index contributed by atoms with van der Waals surface area (Å²) < 4.78 is 5.44. The highest BCUT2D eigenvalue weighted by Crippen LogP contribution is 2.34. The fraction of sp³-hybridized carbons (Fsp3) is 0.286. The molecule has 2 aliphatic rings. The number of methoxy groups -OCH3 is 1. The minimum atomic E-state index is -0.0477. The molecule has 0 radical (unpaired) electrons. The average molecular weight is 440 g/mol. The number of hydrogen-bond donors (Lipinski definition) is 0. The summed E-state index contributed by atoms with van der Waals surface area (Å²) in [7, 11) is 1.62. The van der Waals surface area contributed by atoms with Crippen LogP contribution in [0.3, 0.4) is 0 Å². The smallest absolute Gasteiger partial charge is 0.278 e. The van der Waals surface area contributed by atoms with E-state index in [-0.39, 0.29) is 5.91 Å². The third-order valence-corrected chi connectivity index (χ3v) is 6.63. The molecule has 1 saturated heterocycles. The first kappa shape index (κ1) is 21.4. The monoisotopic (exact) mass is 439 g/mol. The molecular weight excluding hydrogens is 410 g/mol. The zero-order chi connectivity index (χ0) is 22.6. The molecule has 0 N–H and O–H groups in total. The molecule has 33 heavy (non-hydrogen) atoms. The van der Waals surface area contributed by atoms with Gasteiger partial charge in [0.25, 0.3) is 5.91 Å². The number of nitrogens with zero attached hydrogens (tertiary/aromatic N) is 3. The number of aliphatic imine (C=N–C) groups is 1. The second-order valence-corrected chi connectivity index (χ2v) is 8.78. The van der Waals surface area contributed by atoms with Crippen LogP contribution in [0.2, 0.25) is 0 Å². The van der Waals surface area contributed by atoms with E-state index in [0.29, 0.717) is 29.7 Å². The normalized spacial score (nSPS) is 18.0. The summed E-state index contributed by atoms with van der Waals surface area (Å²) in [4.78, 5) is 22.5. The maximum Gasteiger partial charge on any atom is 0.278 e. The van der Waals surface area contributed by atoms with Gasteiger partial charge < -0.3 is 4.74 Å². The Morgan fingerprint density at radius 3 is 2.39 bits per heavy atom. The molecular formula is C28H29N3O2. The fourth-order valence-electron chi connectivity index (χ4n) is 4.83.